The minimum absolute atomic E-state index is 0.0348. The number of imide groups is 1. The first-order chi connectivity index (χ1) is 25.7. The molecule has 16 heteroatoms. The van der Waals surface area contributed by atoms with Crippen molar-refractivity contribution in [2.75, 3.05) is 16.8 Å². The molecule has 1 aromatic carbocycles. The summed E-state index contributed by atoms with van der Waals surface area (Å²) >= 11 is 0. The largest absolute Gasteiger partial charge is 0.487 e. The summed E-state index contributed by atoms with van der Waals surface area (Å²) in [5.41, 5.74) is -1.54. The van der Waals surface area contributed by atoms with Gasteiger partial charge in [-0.3, -0.25) is 14.4 Å². The molecular formula is C40H58BN5O10. The lowest BCUT2D eigenvalue weighted by Crippen LogP contribution is -2.44. The second kappa shape index (κ2) is 16.3. The minimum atomic E-state index is -1.39. The van der Waals surface area contributed by atoms with E-state index in [2.05, 4.69) is 20.6 Å². The van der Waals surface area contributed by atoms with E-state index in [9.17, 15) is 24.0 Å². The smallest absolute Gasteiger partial charge is 0.425 e. The Hall–Kier alpha value is -4.89. The van der Waals surface area contributed by atoms with Crippen molar-refractivity contribution in [2.24, 2.45) is 0 Å². The molecule has 56 heavy (non-hydrogen) atoms. The van der Waals surface area contributed by atoms with Crippen LogP contribution in [0.4, 0.5) is 36.5 Å². The van der Waals surface area contributed by atoms with Gasteiger partial charge in [0.1, 0.15) is 28.7 Å². The Bertz CT molecular complexity index is 1780. The Morgan fingerprint density at radius 3 is 1.80 bits per heavy atom. The number of amides is 3. The van der Waals surface area contributed by atoms with Gasteiger partial charge in [-0.2, -0.15) is 4.90 Å². The van der Waals surface area contributed by atoms with Crippen LogP contribution in [0.3, 0.4) is 0 Å². The summed E-state index contributed by atoms with van der Waals surface area (Å²) in [6.07, 6.45) is 3.37. The maximum absolute atomic E-state index is 13.8. The number of aryl methyl sites for hydroxylation is 1. The van der Waals surface area contributed by atoms with E-state index in [1.165, 1.54) is 0 Å². The maximum Gasteiger partial charge on any atom is 0.425 e. The Morgan fingerprint density at radius 2 is 1.30 bits per heavy atom. The van der Waals surface area contributed by atoms with E-state index >= 15 is 0 Å². The molecule has 1 aromatic heterocycles. The van der Waals surface area contributed by atoms with E-state index in [0.29, 0.717) is 16.2 Å². The van der Waals surface area contributed by atoms with Gasteiger partial charge in [0.05, 0.1) is 12.1 Å². The highest BCUT2D eigenvalue weighted by atomic mass is 16.6. The number of aromatic nitrogens is 2. The first-order valence-electron chi connectivity index (χ1n) is 19.1. The summed E-state index contributed by atoms with van der Waals surface area (Å²) in [5, 5.41) is 6.51. The van der Waals surface area contributed by atoms with E-state index in [0.717, 1.165) is 49.6 Å². The van der Waals surface area contributed by atoms with E-state index in [-0.39, 0.29) is 36.2 Å². The van der Waals surface area contributed by atoms with E-state index < -0.39 is 58.6 Å². The van der Waals surface area contributed by atoms with Gasteiger partial charge >= 0.3 is 18.9 Å². The van der Waals surface area contributed by atoms with E-state index in [4.69, 9.17) is 23.7 Å². The van der Waals surface area contributed by atoms with Crippen molar-refractivity contribution in [1.82, 2.24) is 15.3 Å². The van der Waals surface area contributed by atoms with Gasteiger partial charge in [0.15, 0.2) is 11.6 Å². The summed E-state index contributed by atoms with van der Waals surface area (Å²) in [7, 11) is 0. The van der Waals surface area contributed by atoms with E-state index in [1.54, 1.807) is 89.2 Å². The number of hydrogen-bond acceptors (Lipinski definition) is 13. The van der Waals surface area contributed by atoms with Crippen LogP contribution in [0.2, 0.25) is 6.32 Å². The second-order valence-electron chi connectivity index (χ2n) is 18.4. The van der Waals surface area contributed by atoms with Crippen LogP contribution in [0.5, 0.6) is 5.75 Å². The number of fused-ring (bicyclic) bond motifs is 2. The van der Waals surface area contributed by atoms with Crippen molar-refractivity contribution < 1.29 is 47.7 Å². The fourth-order valence-corrected chi connectivity index (χ4v) is 6.54. The topological polar surface area (TPSA) is 185 Å². The molecule has 0 radical (unpaired) electrons. The van der Waals surface area contributed by atoms with Gasteiger partial charge < -0.3 is 34.3 Å². The van der Waals surface area contributed by atoms with Crippen molar-refractivity contribution in [1.29, 1.82) is 0 Å². The molecule has 1 aliphatic heterocycles. The van der Waals surface area contributed by atoms with Crippen LogP contribution in [-0.2, 0) is 24.5 Å². The monoisotopic (exact) mass is 779 g/mol. The van der Waals surface area contributed by atoms with Gasteiger partial charge in [-0.1, -0.05) is 19.3 Å². The first kappa shape index (κ1) is 43.8. The highest BCUT2D eigenvalue weighted by Crippen LogP contribution is 2.45. The van der Waals surface area contributed by atoms with E-state index in [1.807, 2.05) is 13.0 Å². The molecule has 306 valence electrons. The number of rotatable bonds is 9. The van der Waals surface area contributed by atoms with Crippen LogP contribution in [0.25, 0.3) is 0 Å². The fraction of sp³-hybridized carbons (Fsp3) is 0.625. The quantitative estimate of drug-likeness (QED) is 0.182. The van der Waals surface area contributed by atoms with Crippen molar-refractivity contribution >= 4 is 53.9 Å². The molecule has 1 saturated carbocycles. The van der Waals surface area contributed by atoms with Gasteiger partial charge in [0, 0.05) is 11.3 Å². The average Bonchev–Trinajstić information content (AvgIpc) is 3.27. The molecule has 1 fully saturated rings. The standard InChI is InChI=1S/C40H58BN5O10/c1-24-21-25(22-26-27(24)31(47)45-40(26)17-15-14-16-18-40)44-29-28(52-20-19-41(32(48)53-36(2,3)4)33(49)54-37(5,6)7)30(43-23-42-29)46(34(50)55-38(8,9)10)35(51)56-39(11,12)13/h21-23H,14-20H2,1-13H3,(H,45,47)(H,42,43,44). The van der Waals surface area contributed by atoms with Gasteiger partial charge in [0.2, 0.25) is 5.75 Å². The summed E-state index contributed by atoms with van der Waals surface area (Å²) in [5.74, 6) is -2.21. The molecule has 2 aromatic rings. The molecule has 3 amide bonds. The predicted octanol–water partition coefficient (Wildman–Crippen LogP) is 9.02. The molecule has 0 saturated heterocycles. The number of nitrogens with zero attached hydrogens (tertiary/aromatic N) is 3. The lowest BCUT2D eigenvalue weighted by atomic mass is 9.47. The van der Waals surface area contributed by atoms with Gasteiger partial charge in [-0.25, -0.2) is 19.6 Å². The fourth-order valence-electron chi connectivity index (χ4n) is 6.54. The number of benzene rings is 1. The van der Waals surface area contributed by atoms with Crippen molar-refractivity contribution in [3.8, 4) is 5.75 Å². The van der Waals surface area contributed by atoms with Crippen molar-refractivity contribution in [3.63, 3.8) is 0 Å². The van der Waals surface area contributed by atoms with Crippen LogP contribution >= 0.6 is 0 Å². The number of carbonyl (C=O) groups excluding carboxylic acids is 5. The Morgan fingerprint density at radius 1 is 0.786 bits per heavy atom. The summed E-state index contributed by atoms with van der Waals surface area (Å²) in [4.78, 5) is 76.9. The second-order valence-corrected chi connectivity index (χ2v) is 18.4. The molecule has 2 heterocycles. The first-order valence-corrected chi connectivity index (χ1v) is 19.1. The van der Waals surface area contributed by atoms with Crippen LogP contribution in [0.1, 0.15) is 137 Å². The molecule has 15 nitrogen and oxygen atoms in total. The number of nitrogens with one attached hydrogen (secondary N) is 2. The van der Waals surface area contributed by atoms with Crippen LogP contribution < -0.4 is 20.3 Å². The van der Waals surface area contributed by atoms with Crippen molar-refractivity contribution in [3.05, 3.63) is 35.2 Å². The third-order valence-corrected chi connectivity index (χ3v) is 8.59. The SMILES string of the molecule is Cc1cc(Nc2ncnc(N(C(=O)OC(C)(C)C)C(=O)OC(C)(C)C)c2OCCB(C(=O)OC(C)(C)C)C(=O)OC(C)(C)C)cc2c1C(=O)NC21CCCCC1. The summed E-state index contributed by atoms with van der Waals surface area (Å²) in [6.45, 7) is 20.1. The Labute approximate surface area is 330 Å². The number of anilines is 3. The molecule has 2 aliphatic rings. The van der Waals surface area contributed by atoms with Crippen LogP contribution in [0, 0.1) is 6.92 Å². The number of carbonyl (C=O) groups is 5. The third kappa shape index (κ3) is 11.3. The molecule has 4 rings (SSSR count). The summed E-state index contributed by atoms with van der Waals surface area (Å²) < 4.78 is 28.7. The Kier molecular flexibility index (Phi) is 12.8. The minimum Gasteiger partial charge on any atom is -0.487 e. The van der Waals surface area contributed by atoms with Crippen molar-refractivity contribution in [2.45, 2.75) is 156 Å². The zero-order valence-corrected chi connectivity index (χ0v) is 35.2. The molecule has 0 unspecified atom stereocenters. The van der Waals surface area contributed by atoms with Gasteiger partial charge in [-0.15, -0.1) is 0 Å². The highest BCUT2D eigenvalue weighted by molar-refractivity contribution is 7.09. The molecular weight excluding hydrogens is 721 g/mol. The molecule has 0 bridgehead atoms. The summed E-state index contributed by atoms with van der Waals surface area (Å²) in [6, 6.07) is 3.70. The lowest BCUT2D eigenvalue weighted by molar-refractivity contribution is 0.0425. The zero-order valence-electron chi connectivity index (χ0n) is 35.2. The molecule has 2 N–H and O–H groups in total. The highest BCUT2D eigenvalue weighted by Gasteiger charge is 2.45. The van der Waals surface area contributed by atoms with Gasteiger partial charge in [-0.05, 0) is 132 Å². The lowest BCUT2D eigenvalue weighted by Gasteiger charge is -2.34. The van der Waals surface area contributed by atoms with Crippen LogP contribution in [-0.4, -0.2) is 75.5 Å². The maximum atomic E-state index is 13.8. The average molecular weight is 780 g/mol. The normalized spacial score (nSPS) is 15.3. The third-order valence-electron chi connectivity index (χ3n) is 8.59. The molecule has 0 atom stereocenters. The number of hydrogen-bond donors (Lipinski definition) is 2. The molecule has 1 spiro atoms. The zero-order chi connectivity index (χ0) is 42.0. The van der Waals surface area contributed by atoms with Crippen LogP contribution in [0.15, 0.2) is 18.5 Å². The Balaban J connectivity index is 1.83. The molecule has 1 aliphatic carbocycles. The predicted molar refractivity (Wildman–Crippen MR) is 212 cm³/mol. The number of ether oxygens (including phenoxy) is 5. The van der Waals surface area contributed by atoms with Gasteiger partial charge in [0.25, 0.3) is 17.6 Å².